The van der Waals surface area contributed by atoms with E-state index in [1.165, 1.54) is 22.8 Å². The Morgan fingerprint density at radius 2 is 1.88 bits per heavy atom. The Hall–Kier alpha value is -3.34. The van der Waals surface area contributed by atoms with Gasteiger partial charge in [-0.1, -0.05) is 0 Å². The number of halogens is 3. The van der Waals surface area contributed by atoms with Gasteiger partial charge in [-0.25, -0.2) is 13.2 Å². The van der Waals surface area contributed by atoms with Gasteiger partial charge in [-0.3, -0.25) is 14.4 Å². The van der Waals surface area contributed by atoms with Crippen molar-refractivity contribution in [2.45, 2.75) is 31.5 Å². The number of carbonyl (C=O) groups excluding carboxylic acids is 2. The van der Waals surface area contributed by atoms with Crippen LogP contribution in [-0.4, -0.2) is 52.7 Å². The lowest BCUT2D eigenvalue weighted by Crippen LogP contribution is -2.45. The van der Waals surface area contributed by atoms with Gasteiger partial charge in [-0.2, -0.15) is 0 Å². The highest BCUT2D eigenvalue weighted by atomic mass is 19.1. The van der Waals surface area contributed by atoms with E-state index in [0.29, 0.717) is 38.1 Å². The molecule has 0 saturated carbocycles. The van der Waals surface area contributed by atoms with Crippen LogP contribution in [0.1, 0.15) is 45.3 Å². The fraction of sp³-hybridized carbons (Fsp3) is 0.381. The quantitative estimate of drug-likeness (QED) is 0.737. The molecule has 0 aliphatic carbocycles. The molecule has 1 aromatic heterocycles. The average Bonchev–Trinajstić information content (AvgIpc) is 2.94. The van der Waals surface area contributed by atoms with Crippen LogP contribution in [0.15, 0.2) is 23.1 Å². The summed E-state index contributed by atoms with van der Waals surface area (Å²) in [6, 6.07) is 0.648. The fourth-order valence-corrected chi connectivity index (χ4v) is 4.16. The SMILES string of the molecule is COC1CCC2CN(C1)C(=O)c1c(O)c(=O)c(C(=O)NCc3c(F)cc(F)cc3F)cn12. The summed E-state index contributed by atoms with van der Waals surface area (Å²) in [4.78, 5) is 39.6. The van der Waals surface area contributed by atoms with Crippen molar-refractivity contribution < 1.29 is 32.6 Å². The van der Waals surface area contributed by atoms with E-state index in [0.717, 1.165) is 0 Å². The van der Waals surface area contributed by atoms with E-state index in [9.17, 15) is 32.7 Å². The summed E-state index contributed by atoms with van der Waals surface area (Å²) in [5, 5.41) is 12.7. The Kier molecular flexibility index (Phi) is 5.68. The van der Waals surface area contributed by atoms with Crippen LogP contribution in [0.5, 0.6) is 5.75 Å². The third-order valence-corrected chi connectivity index (χ3v) is 5.88. The molecule has 1 aromatic carbocycles. The Balaban J connectivity index is 1.66. The first-order valence-corrected chi connectivity index (χ1v) is 9.93. The van der Waals surface area contributed by atoms with Gasteiger partial charge in [-0.15, -0.1) is 0 Å². The van der Waals surface area contributed by atoms with Crippen molar-refractivity contribution in [1.82, 2.24) is 14.8 Å². The van der Waals surface area contributed by atoms with Crippen molar-refractivity contribution in [3.05, 3.63) is 62.8 Å². The number of pyridine rings is 1. The molecule has 2 aliphatic heterocycles. The van der Waals surface area contributed by atoms with Crippen LogP contribution in [0.4, 0.5) is 13.2 Å². The second kappa shape index (κ2) is 8.30. The molecule has 2 N–H and O–H groups in total. The van der Waals surface area contributed by atoms with E-state index in [4.69, 9.17) is 4.74 Å². The molecule has 2 bridgehead atoms. The lowest BCUT2D eigenvalue weighted by Gasteiger charge is -2.34. The summed E-state index contributed by atoms with van der Waals surface area (Å²) in [6.07, 6.45) is 2.18. The number of rotatable bonds is 4. The van der Waals surface area contributed by atoms with E-state index >= 15 is 0 Å². The van der Waals surface area contributed by atoms with Crippen molar-refractivity contribution in [2.75, 3.05) is 20.2 Å². The van der Waals surface area contributed by atoms with Crippen molar-refractivity contribution in [3.63, 3.8) is 0 Å². The second-order valence-electron chi connectivity index (χ2n) is 7.81. The highest BCUT2D eigenvalue weighted by molar-refractivity contribution is 5.99. The molecule has 1 fully saturated rings. The lowest BCUT2D eigenvalue weighted by molar-refractivity contribution is 0.0481. The minimum atomic E-state index is -1.19. The number of ether oxygens (including phenoxy) is 1. The first kappa shape index (κ1) is 21.9. The molecule has 8 nitrogen and oxygen atoms in total. The number of fused-ring (bicyclic) bond motifs is 4. The highest BCUT2D eigenvalue weighted by Gasteiger charge is 2.38. The van der Waals surface area contributed by atoms with E-state index in [1.807, 2.05) is 0 Å². The Labute approximate surface area is 180 Å². The number of nitrogens with one attached hydrogen (secondary N) is 1. The van der Waals surface area contributed by atoms with Crippen LogP contribution < -0.4 is 10.7 Å². The largest absolute Gasteiger partial charge is 0.503 e. The fourth-order valence-electron chi connectivity index (χ4n) is 4.16. The lowest BCUT2D eigenvalue weighted by atomic mass is 10.1. The Bertz CT molecular complexity index is 1140. The monoisotopic (exact) mass is 451 g/mol. The third-order valence-electron chi connectivity index (χ3n) is 5.88. The molecule has 11 heteroatoms. The zero-order valence-electron chi connectivity index (χ0n) is 17.0. The zero-order valence-corrected chi connectivity index (χ0v) is 17.0. The van der Waals surface area contributed by atoms with Gasteiger partial charge in [0.2, 0.25) is 5.43 Å². The van der Waals surface area contributed by atoms with Crippen LogP contribution in [0.3, 0.4) is 0 Å². The Morgan fingerprint density at radius 1 is 1.19 bits per heavy atom. The number of hydrogen-bond acceptors (Lipinski definition) is 5. The molecule has 0 radical (unpaired) electrons. The number of benzene rings is 1. The van der Waals surface area contributed by atoms with E-state index in [-0.39, 0.29) is 17.8 Å². The Morgan fingerprint density at radius 3 is 2.53 bits per heavy atom. The predicted molar refractivity (Wildman–Crippen MR) is 105 cm³/mol. The molecule has 2 atom stereocenters. The molecule has 2 unspecified atom stereocenters. The average molecular weight is 451 g/mol. The van der Waals surface area contributed by atoms with Gasteiger partial charge in [0.05, 0.1) is 12.1 Å². The molecule has 2 aliphatic rings. The smallest absolute Gasteiger partial charge is 0.274 e. The number of nitrogens with zero attached hydrogens (tertiary/aromatic N) is 2. The normalized spacial score (nSPS) is 20.0. The summed E-state index contributed by atoms with van der Waals surface area (Å²) in [5.41, 5.74) is -2.36. The van der Waals surface area contributed by atoms with Crippen molar-refractivity contribution in [1.29, 1.82) is 0 Å². The maximum Gasteiger partial charge on any atom is 0.274 e. The van der Waals surface area contributed by atoms with E-state index in [1.54, 1.807) is 0 Å². The number of carbonyl (C=O) groups is 2. The number of aromatic hydroxyl groups is 1. The maximum atomic E-state index is 13.8. The molecule has 1 saturated heterocycles. The van der Waals surface area contributed by atoms with Crippen molar-refractivity contribution >= 4 is 11.8 Å². The molecule has 170 valence electrons. The molecular weight excluding hydrogens is 431 g/mol. The number of methoxy groups -OCH3 is 1. The van der Waals surface area contributed by atoms with Crippen LogP contribution in [0.25, 0.3) is 0 Å². The minimum absolute atomic E-state index is 0.198. The van der Waals surface area contributed by atoms with E-state index < -0.39 is 58.1 Å². The van der Waals surface area contributed by atoms with Gasteiger partial charge in [0.25, 0.3) is 11.8 Å². The van der Waals surface area contributed by atoms with Crippen LogP contribution in [0.2, 0.25) is 0 Å². The molecule has 32 heavy (non-hydrogen) atoms. The van der Waals surface area contributed by atoms with Gasteiger partial charge >= 0.3 is 0 Å². The van der Waals surface area contributed by atoms with Gasteiger partial charge in [0.15, 0.2) is 11.4 Å². The summed E-state index contributed by atoms with van der Waals surface area (Å²) in [5.74, 6) is -5.91. The predicted octanol–water partition coefficient (Wildman–Crippen LogP) is 1.71. The minimum Gasteiger partial charge on any atom is -0.503 e. The summed E-state index contributed by atoms with van der Waals surface area (Å²) >= 11 is 0. The summed E-state index contributed by atoms with van der Waals surface area (Å²) < 4.78 is 47.5. The van der Waals surface area contributed by atoms with Crippen LogP contribution >= 0.6 is 0 Å². The van der Waals surface area contributed by atoms with Crippen LogP contribution in [-0.2, 0) is 11.3 Å². The van der Waals surface area contributed by atoms with Gasteiger partial charge in [0.1, 0.15) is 23.0 Å². The molecular formula is C21H20F3N3O5. The van der Waals surface area contributed by atoms with Gasteiger partial charge < -0.3 is 24.6 Å². The number of hydrogen-bond donors (Lipinski definition) is 2. The standard InChI is InChI=1S/C21H20F3N3O5/c1-32-12-3-2-11-7-26(8-12)21(31)17-19(29)18(28)14(9-27(11)17)20(30)25-6-13-15(23)4-10(22)5-16(13)24/h4-5,9,11-12,29H,2-3,6-8H2,1H3,(H,25,30). The van der Waals surface area contributed by atoms with E-state index in [2.05, 4.69) is 5.32 Å². The van der Waals surface area contributed by atoms with Gasteiger partial charge in [0, 0.05) is 50.6 Å². The molecule has 2 amide bonds. The molecule has 2 aromatic rings. The highest BCUT2D eigenvalue weighted by Crippen LogP contribution is 2.32. The summed E-state index contributed by atoms with van der Waals surface area (Å²) in [7, 11) is 1.54. The number of aromatic nitrogens is 1. The van der Waals surface area contributed by atoms with Crippen molar-refractivity contribution in [3.8, 4) is 5.75 Å². The van der Waals surface area contributed by atoms with Gasteiger partial charge in [-0.05, 0) is 12.8 Å². The number of amides is 2. The molecule has 0 spiro atoms. The topological polar surface area (TPSA) is 101 Å². The second-order valence-corrected chi connectivity index (χ2v) is 7.81. The molecule has 4 rings (SSSR count). The first-order chi connectivity index (χ1) is 15.2. The van der Waals surface area contributed by atoms with Crippen LogP contribution in [0, 0.1) is 17.5 Å². The zero-order chi connectivity index (χ0) is 23.2. The maximum absolute atomic E-state index is 13.8. The molecule has 3 heterocycles. The van der Waals surface area contributed by atoms with Crippen molar-refractivity contribution in [2.24, 2.45) is 0 Å². The first-order valence-electron chi connectivity index (χ1n) is 9.93. The third kappa shape index (κ3) is 3.72. The summed E-state index contributed by atoms with van der Waals surface area (Å²) in [6.45, 7) is -0.0120.